The molecule has 2 atom stereocenters. The number of ether oxygens (including phenoxy) is 2. The van der Waals surface area contributed by atoms with Crippen molar-refractivity contribution >= 4 is 18.0 Å². The molecule has 4 N–H and O–H groups in total. The maximum Gasteiger partial charge on any atom is 0.407 e. The van der Waals surface area contributed by atoms with E-state index >= 15 is 0 Å². The molecular formula is C21H33N3O5. The quantitative estimate of drug-likeness (QED) is 0.361. The van der Waals surface area contributed by atoms with Crippen molar-refractivity contribution in [1.29, 1.82) is 0 Å². The van der Waals surface area contributed by atoms with Gasteiger partial charge in [-0.25, -0.2) is 9.59 Å². The predicted octanol–water partition coefficient (Wildman–Crippen LogP) is 2.11. The van der Waals surface area contributed by atoms with Gasteiger partial charge in [0.05, 0.1) is 13.2 Å². The van der Waals surface area contributed by atoms with Crippen LogP contribution in [-0.4, -0.2) is 43.7 Å². The number of alkyl carbamates (subject to hydrolysis) is 1. The number of nitrogens with two attached hydrogens (primary N) is 1. The molecule has 0 aliphatic carbocycles. The Morgan fingerprint density at radius 3 is 2.41 bits per heavy atom. The molecule has 0 aliphatic rings. The van der Waals surface area contributed by atoms with Gasteiger partial charge in [0.25, 0.3) is 0 Å². The van der Waals surface area contributed by atoms with Crippen LogP contribution in [0.25, 0.3) is 0 Å². The highest BCUT2D eigenvalue weighted by molar-refractivity contribution is 5.87. The number of methoxy groups -OCH3 is 1. The van der Waals surface area contributed by atoms with E-state index in [0.29, 0.717) is 32.2 Å². The minimum absolute atomic E-state index is 0.208. The second-order valence-corrected chi connectivity index (χ2v) is 7.30. The highest BCUT2D eigenvalue weighted by atomic mass is 16.5. The Labute approximate surface area is 172 Å². The average molecular weight is 408 g/mol. The Balaban J connectivity index is 2.29. The molecule has 1 rings (SSSR count). The number of esters is 1. The number of unbranched alkanes of at least 4 members (excludes halogenated alkanes) is 1. The number of benzene rings is 1. The summed E-state index contributed by atoms with van der Waals surface area (Å²) >= 11 is 0. The van der Waals surface area contributed by atoms with Crippen LogP contribution in [-0.2, 0) is 25.7 Å². The third kappa shape index (κ3) is 10.5. The van der Waals surface area contributed by atoms with Crippen molar-refractivity contribution < 1.29 is 23.9 Å². The van der Waals surface area contributed by atoms with E-state index in [1.54, 1.807) is 0 Å². The topological polar surface area (TPSA) is 120 Å². The number of amides is 2. The summed E-state index contributed by atoms with van der Waals surface area (Å²) in [5, 5.41) is 5.33. The normalized spacial score (nSPS) is 12.7. The fourth-order valence-corrected chi connectivity index (χ4v) is 2.72. The lowest BCUT2D eigenvalue weighted by Gasteiger charge is -2.20. The Morgan fingerprint density at radius 1 is 1.10 bits per heavy atom. The van der Waals surface area contributed by atoms with Crippen LogP contribution in [0, 0.1) is 5.92 Å². The minimum atomic E-state index is -0.754. The van der Waals surface area contributed by atoms with Gasteiger partial charge in [0.1, 0.15) is 12.6 Å². The fraction of sp³-hybridized carbons (Fsp3) is 0.571. The number of hydrogen-bond donors (Lipinski definition) is 3. The minimum Gasteiger partial charge on any atom is -0.467 e. The van der Waals surface area contributed by atoms with Crippen LogP contribution in [0.1, 0.15) is 45.1 Å². The molecule has 8 heteroatoms. The van der Waals surface area contributed by atoms with Crippen molar-refractivity contribution in [3.63, 3.8) is 0 Å². The van der Waals surface area contributed by atoms with E-state index in [0.717, 1.165) is 5.56 Å². The van der Waals surface area contributed by atoms with E-state index in [-0.39, 0.29) is 18.4 Å². The lowest BCUT2D eigenvalue weighted by molar-refractivity contribution is -0.145. The summed E-state index contributed by atoms with van der Waals surface area (Å²) < 4.78 is 9.89. The zero-order valence-electron chi connectivity index (χ0n) is 17.5. The van der Waals surface area contributed by atoms with Crippen molar-refractivity contribution in [1.82, 2.24) is 10.6 Å². The molecular weight excluding hydrogens is 374 g/mol. The highest BCUT2D eigenvalue weighted by Gasteiger charge is 2.24. The third-order valence-electron chi connectivity index (χ3n) is 4.27. The molecule has 0 bridgehead atoms. The molecule has 162 valence electrons. The van der Waals surface area contributed by atoms with Crippen LogP contribution in [0.15, 0.2) is 30.3 Å². The zero-order chi connectivity index (χ0) is 21.6. The molecule has 2 amide bonds. The number of hydrogen-bond acceptors (Lipinski definition) is 6. The molecule has 0 saturated carbocycles. The van der Waals surface area contributed by atoms with Crippen LogP contribution in [0.3, 0.4) is 0 Å². The average Bonchev–Trinajstić information content (AvgIpc) is 2.70. The lowest BCUT2D eigenvalue weighted by atomic mass is 10.0. The van der Waals surface area contributed by atoms with Gasteiger partial charge >= 0.3 is 12.1 Å². The van der Waals surface area contributed by atoms with E-state index in [1.165, 1.54) is 7.11 Å². The Kier molecular flexibility index (Phi) is 11.4. The number of carbonyl (C=O) groups excluding carboxylic acids is 3. The first-order valence-electron chi connectivity index (χ1n) is 9.91. The standard InChI is InChI=1S/C21H33N3O5/c1-15(2)13-17(22)19(25)24-18(20(26)28-3)11-7-8-12-23-21(27)29-14-16-9-5-4-6-10-16/h4-6,9-10,15,17-18H,7-8,11-14,22H2,1-3H3,(H,23,27)(H,24,25)/t17-,18-/m0/s1. The summed E-state index contributed by atoms with van der Waals surface area (Å²) in [7, 11) is 1.28. The van der Waals surface area contributed by atoms with Gasteiger partial charge in [0, 0.05) is 6.54 Å². The second-order valence-electron chi connectivity index (χ2n) is 7.30. The first kappa shape index (κ1) is 24.4. The smallest absolute Gasteiger partial charge is 0.407 e. The van der Waals surface area contributed by atoms with Gasteiger partial charge in [-0.3, -0.25) is 4.79 Å². The first-order valence-corrected chi connectivity index (χ1v) is 9.91. The van der Waals surface area contributed by atoms with Crippen LogP contribution < -0.4 is 16.4 Å². The molecule has 0 aliphatic heterocycles. The van der Waals surface area contributed by atoms with Crippen molar-refractivity contribution in [2.24, 2.45) is 11.7 Å². The van der Waals surface area contributed by atoms with Crippen molar-refractivity contribution in [2.75, 3.05) is 13.7 Å². The summed E-state index contributed by atoms with van der Waals surface area (Å²) in [6.45, 7) is 4.56. The molecule has 0 fully saturated rings. The second kappa shape index (κ2) is 13.5. The van der Waals surface area contributed by atoms with E-state index in [4.69, 9.17) is 15.2 Å². The van der Waals surface area contributed by atoms with Gasteiger partial charge in [-0.1, -0.05) is 44.2 Å². The largest absolute Gasteiger partial charge is 0.467 e. The predicted molar refractivity (Wildman–Crippen MR) is 110 cm³/mol. The summed E-state index contributed by atoms with van der Waals surface area (Å²) in [6, 6.07) is 7.99. The van der Waals surface area contributed by atoms with E-state index in [9.17, 15) is 14.4 Å². The summed E-state index contributed by atoms with van der Waals surface area (Å²) in [6.07, 6.45) is 1.68. The number of rotatable bonds is 12. The molecule has 0 saturated heterocycles. The van der Waals surface area contributed by atoms with Crippen molar-refractivity contribution in [3.05, 3.63) is 35.9 Å². The fourth-order valence-electron chi connectivity index (χ4n) is 2.72. The summed E-state index contributed by atoms with van der Waals surface area (Å²) in [5.74, 6) is -0.595. The van der Waals surface area contributed by atoms with Gasteiger partial charge in [0.15, 0.2) is 0 Å². The van der Waals surface area contributed by atoms with Crippen LogP contribution in [0.2, 0.25) is 0 Å². The summed E-state index contributed by atoms with van der Waals surface area (Å²) in [4.78, 5) is 35.8. The van der Waals surface area contributed by atoms with Gasteiger partial charge in [-0.05, 0) is 37.2 Å². The number of nitrogens with one attached hydrogen (secondary N) is 2. The zero-order valence-corrected chi connectivity index (χ0v) is 17.5. The third-order valence-corrected chi connectivity index (χ3v) is 4.27. The molecule has 0 heterocycles. The maximum atomic E-state index is 12.2. The van der Waals surface area contributed by atoms with E-state index in [1.807, 2.05) is 44.2 Å². The van der Waals surface area contributed by atoms with Gasteiger partial charge < -0.3 is 25.8 Å². The van der Waals surface area contributed by atoms with Crippen molar-refractivity contribution in [3.8, 4) is 0 Å². The summed E-state index contributed by atoms with van der Waals surface area (Å²) in [5.41, 5.74) is 6.77. The molecule has 29 heavy (non-hydrogen) atoms. The monoisotopic (exact) mass is 407 g/mol. The van der Waals surface area contributed by atoms with E-state index in [2.05, 4.69) is 10.6 Å². The Hall–Kier alpha value is -2.61. The molecule has 0 spiro atoms. The molecule has 0 aromatic heterocycles. The molecule has 0 radical (unpaired) electrons. The first-order chi connectivity index (χ1) is 13.8. The SMILES string of the molecule is COC(=O)[C@H](CCCCNC(=O)OCc1ccccc1)NC(=O)[C@@H](N)CC(C)C. The van der Waals surface area contributed by atoms with Gasteiger partial charge in [-0.15, -0.1) is 0 Å². The Morgan fingerprint density at radius 2 is 1.79 bits per heavy atom. The number of carbonyl (C=O) groups is 3. The lowest BCUT2D eigenvalue weighted by Crippen LogP contribution is -2.49. The van der Waals surface area contributed by atoms with Crippen LogP contribution >= 0.6 is 0 Å². The maximum absolute atomic E-state index is 12.2. The molecule has 8 nitrogen and oxygen atoms in total. The van der Waals surface area contributed by atoms with Crippen LogP contribution in [0.4, 0.5) is 4.79 Å². The molecule has 0 unspecified atom stereocenters. The molecule has 1 aromatic carbocycles. The van der Waals surface area contributed by atoms with Gasteiger partial charge in [0.2, 0.25) is 5.91 Å². The van der Waals surface area contributed by atoms with Crippen molar-refractivity contribution in [2.45, 2.75) is 58.2 Å². The van der Waals surface area contributed by atoms with Gasteiger partial charge in [-0.2, -0.15) is 0 Å². The van der Waals surface area contributed by atoms with Crippen LogP contribution in [0.5, 0.6) is 0 Å². The Bertz CT molecular complexity index is 636. The highest BCUT2D eigenvalue weighted by Crippen LogP contribution is 2.07. The molecule has 1 aromatic rings. The van der Waals surface area contributed by atoms with E-state index < -0.39 is 24.1 Å².